The first-order valence-electron chi connectivity index (χ1n) is 19.5. The molecule has 2 aliphatic carbocycles. The molecule has 1 spiro atoms. The summed E-state index contributed by atoms with van der Waals surface area (Å²) in [5, 5.41) is 2.33. The molecule has 2 aliphatic rings. The Morgan fingerprint density at radius 2 is 1.03 bits per heavy atom. The summed E-state index contributed by atoms with van der Waals surface area (Å²) in [7, 11) is 0. The zero-order valence-electron chi connectivity index (χ0n) is 30.9. The fourth-order valence-electron chi connectivity index (χ4n) is 10.2. The minimum Gasteiger partial charge on any atom is -0.277 e. The molecule has 13 rings (SSSR count). The van der Waals surface area contributed by atoms with Gasteiger partial charge in [0.25, 0.3) is 0 Å². The molecule has 0 unspecified atom stereocenters. The number of rotatable bonds is 3. The van der Waals surface area contributed by atoms with Gasteiger partial charge in [-0.05, 0) is 92.0 Å². The summed E-state index contributed by atoms with van der Waals surface area (Å²) in [6, 6.07) is 65.2. The molecule has 6 heteroatoms. The molecule has 0 N–H and O–H groups in total. The second kappa shape index (κ2) is 11.6. The van der Waals surface area contributed by atoms with E-state index in [0.717, 1.165) is 38.8 Å². The quantitative estimate of drug-likeness (QED) is 0.180. The van der Waals surface area contributed by atoms with E-state index in [1.165, 1.54) is 59.3 Å². The standard InChI is InChI=1S/C52H30N4OS/c57-50-53-49(56-44-20-9-8-19-43(44)55(51(56)54-50)45-21-11-23-47-48(45)38-15-4-10-22-46(38)58-47)32-26-24-31(25-27-32)33-28-29-37-36-14-3-7-18-41(36)52(42(37)30-33)39-16-5-1-12-34(39)35-13-2-6-17-40(35)52/h1-30H. The minimum atomic E-state index is -0.522. The van der Waals surface area contributed by atoms with Gasteiger partial charge in [-0.3, -0.25) is 8.97 Å². The van der Waals surface area contributed by atoms with Gasteiger partial charge in [-0.2, -0.15) is 9.97 Å². The SMILES string of the molecule is O=c1nc(-c2ccc(-c3ccc4c(c3)C3(c5ccccc5-c5ccccc53)c3ccccc3-4)cc2)n2c3ccccc3n(-c3cccc4sc5ccccc5c34)c2n1. The fraction of sp³-hybridized carbons (Fsp3) is 0.0192. The van der Waals surface area contributed by atoms with Crippen molar-refractivity contribution in [2.75, 3.05) is 0 Å². The van der Waals surface area contributed by atoms with Crippen LogP contribution in [0.4, 0.5) is 0 Å². The van der Waals surface area contributed by atoms with Crippen LogP contribution >= 0.6 is 11.3 Å². The first kappa shape index (κ1) is 31.8. The molecule has 3 aromatic heterocycles. The van der Waals surface area contributed by atoms with E-state index in [9.17, 15) is 4.79 Å². The summed E-state index contributed by atoms with van der Waals surface area (Å²) in [5.41, 5.74) is 15.4. The number of aromatic nitrogens is 4. The predicted octanol–water partition coefficient (Wildman–Crippen LogP) is 12.1. The molecule has 0 fully saturated rings. The van der Waals surface area contributed by atoms with E-state index in [0.29, 0.717) is 11.6 Å². The zero-order valence-corrected chi connectivity index (χ0v) is 31.7. The number of thiophene rings is 1. The highest BCUT2D eigenvalue weighted by molar-refractivity contribution is 7.25. The van der Waals surface area contributed by atoms with Crippen LogP contribution in [0.5, 0.6) is 0 Å². The normalized spacial score (nSPS) is 13.4. The molecule has 270 valence electrons. The lowest BCUT2D eigenvalue weighted by atomic mass is 9.70. The van der Waals surface area contributed by atoms with Crippen molar-refractivity contribution >= 4 is 48.3 Å². The lowest BCUT2D eigenvalue weighted by Gasteiger charge is -2.30. The molecule has 0 aliphatic heterocycles. The highest BCUT2D eigenvalue weighted by Gasteiger charge is 2.51. The molecule has 58 heavy (non-hydrogen) atoms. The van der Waals surface area contributed by atoms with E-state index in [1.807, 2.05) is 16.5 Å². The van der Waals surface area contributed by atoms with Gasteiger partial charge in [0.15, 0.2) is 5.82 Å². The molecule has 5 nitrogen and oxygen atoms in total. The number of nitrogens with zero attached hydrogens (tertiary/aromatic N) is 4. The highest BCUT2D eigenvalue weighted by atomic mass is 32.1. The number of imidazole rings is 1. The molecular formula is C52H30N4OS. The van der Waals surface area contributed by atoms with E-state index < -0.39 is 11.1 Å². The van der Waals surface area contributed by atoms with Crippen LogP contribution in [0.2, 0.25) is 0 Å². The fourth-order valence-corrected chi connectivity index (χ4v) is 11.3. The van der Waals surface area contributed by atoms with Crippen LogP contribution in [0.15, 0.2) is 187 Å². The van der Waals surface area contributed by atoms with Crippen molar-refractivity contribution in [3.8, 4) is 50.5 Å². The highest BCUT2D eigenvalue weighted by Crippen LogP contribution is 2.63. The summed E-state index contributed by atoms with van der Waals surface area (Å²) in [6.45, 7) is 0. The maximum absolute atomic E-state index is 13.5. The Hall–Kier alpha value is -7.41. The van der Waals surface area contributed by atoms with E-state index >= 15 is 0 Å². The van der Waals surface area contributed by atoms with E-state index in [-0.39, 0.29) is 0 Å². The third-order valence-corrected chi connectivity index (χ3v) is 13.6. The molecule has 11 aromatic rings. The maximum atomic E-state index is 13.5. The van der Waals surface area contributed by atoms with Crippen molar-refractivity contribution < 1.29 is 0 Å². The van der Waals surface area contributed by atoms with Crippen LogP contribution in [0, 0.1) is 0 Å². The molecule has 0 atom stereocenters. The summed E-state index contributed by atoms with van der Waals surface area (Å²) >= 11 is 1.77. The largest absolute Gasteiger partial charge is 0.372 e. The van der Waals surface area contributed by atoms with Gasteiger partial charge in [-0.25, -0.2) is 4.79 Å². The maximum Gasteiger partial charge on any atom is 0.372 e. The Kier molecular flexibility index (Phi) is 6.34. The van der Waals surface area contributed by atoms with Gasteiger partial charge in [-0.15, -0.1) is 11.3 Å². The Balaban J connectivity index is 0.985. The Bertz CT molecular complexity index is 3550. The molecular weight excluding hydrogens is 729 g/mol. The van der Waals surface area contributed by atoms with Gasteiger partial charge in [0.05, 0.1) is 22.1 Å². The molecule has 8 aromatic carbocycles. The third kappa shape index (κ3) is 4.06. The predicted molar refractivity (Wildman–Crippen MR) is 236 cm³/mol. The van der Waals surface area contributed by atoms with Crippen molar-refractivity contribution in [1.29, 1.82) is 0 Å². The summed E-state index contributed by atoms with van der Waals surface area (Å²) in [6.07, 6.45) is 0. The Morgan fingerprint density at radius 3 is 1.76 bits per heavy atom. The summed E-state index contributed by atoms with van der Waals surface area (Å²) in [5.74, 6) is 1.09. The van der Waals surface area contributed by atoms with Crippen LogP contribution in [0.25, 0.3) is 87.4 Å². The second-order valence-electron chi connectivity index (χ2n) is 15.3. The first-order valence-corrected chi connectivity index (χ1v) is 20.4. The zero-order chi connectivity index (χ0) is 38.1. The average molecular weight is 759 g/mol. The van der Waals surface area contributed by atoms with Crippen molar-refractivity contribution in [2.24, 2.45) is 0 Å². The van der Waals surface area contributed by atoms with Gasteiger partial charge in [-0.1, -0.05) is 146 Å². The second-order valence-corrected chi connectivity index (χ2v) is 16.3. The van der Waals surface area contributed by atoms with Crippen molar-refractivity contribution in [2.45, 2.75) is 5.41 Å². The third-order valence-electron chi connectivity index (χ3n) is 12.5. The van der Waals surface area contributed by atoms with Crippen molar-refractivity contribution in [3.63, 3.8) is 0 Å². The molecule has 0 saturated carbocycles. The van der Waals surface area contributed by atoms with E-state index in [1.54, 1.807) is 11.3 Å². The van der Waals surface area contributed by atoms with Crippen molar-refractivity contribution in [3.05, 3.63) is 215 Å². The molecule has 0 amide bonds. The van der Waals surface area contributed by atoms with Crippen LogP contribution in [0.1, 0.15) is 22.3 Å². The number of fused-ring (bicyclic) bond motifs is 16. The van der Waals surface area contributed by atoms with Crippen LogP contribution < -0.4 is 5.69 Å². The average Bonchev–Trinajstić information content (AvgIpc) is 4.00. The summed E-state index contributed by atoms with van der Waals surface area (Å²) < 4.78 is 6.56. The first-order chi connectivity index (χ1) is 28.7. The van der Waals surface area contributed by atoms with E-state index in [2.05, 4.69) is 184 Å². The summed E-state index contributed by atoms with van der Waals surface area (Å²) in [4.78, 5) is 22.7. The van der Waals surface area contributed by atoms with Gasteiger partial charge >= 0.3 is 5.69 Å². The Labute approximate surface area is 336 Å². The minimum absolute atomic E-state index is 0.406. The smallest absolute Gasteiger partial charge is 0.277 e. The Morgan fingerprint density at radius 1 is 0.466 bits per heavy atom. The van der Waals surface area contributed by atoms with Crippen LogP contribution in [-0.4, -0.2) is 18.9 Å². The molecule has 0 saturated heterocycles. The molecule has 0 radical (unpaired) electrons. The number of para-hydroxylation sites is 2. The topological polar surface area (TPSA) is 52.2 Å². The van der Waals surface area contributed by atoms with Gasteiger partial charge in [0.2, 0.25) is 5.78 Å². The van der Waals surface area contributed by atoms with Gasteiger partial charge in [0.1, 0.15) is 0 Å². The monoisotopic (exact) mass is 758 g/mol. The van der Waals surface area contributed by atoms with E-state index in [4.69, 9.17) is 0 Å². The van der Waals surface area contributed by atoms with Crippen molar-refractivity contribution in [1.82, 2.24) is 18.9 Å². The number of hydrogen-bond donors (Lipinski definition) is 0. The van der Waals surface area contributed by atoms with Gasteiger partial charge in [0, 0.05) is 25.7 Å². The molecule has 3 heterocycles. The van der Waals surface area contributed by atoms with Gasteiger partial charge < -0.3 is 0 Å². The molecule has 0 bridgehead atoms. The van der Waals surface area contributed by atoms with Crippen LogP contribution in [0.3, 0.4) is 0 Å². The lowest BCUT2D eigenvalue weighted by molar-refractivity contribution is 0.794. The lowest BCUT2D eigenvalue weighted by Crippen LogP contribution is -2.25. The van der Waals surface area contributed by atoms with Crippen LogP contribution in [-0.2, 0) is 5.41 Å². The number of hydrogen-bond acceptors (Lipinski definition) is 4. The number of benzene rings is 8.